The van der Waals surface area contributed by atoms with E-state index in [0.717, 1.165) is 10.9 Å². The smallest absolute Gasteiger partial charge is 0.336 e. The van der Waals surface area contributed by atoms with Gasteiger partial charge in [0.15, 0.2) is 5.11 Å². The maximum atomic E-state index is 11.2. The number of fused-ring (bicyclic) bond motifs is 1. The maximum Gasteiger partial charge on any atom is 0.336 e. The number of hydrogen-bond acceptors (Lipinski definition) is 5. The van der Waals surface area contributed by atoms with Gasteiger partial charge in [-0.05, 0) is 48.1 Å². The van der Waals surface area contributed by atoms with Gasteiger partial charge in [0.2, 0.25) is 0 Å². The number of nitro benzene ring substituents is 1. The topological polar surface area (TPSA) is 97.4 Å². The lowest BCUT2D eigenvalue weighted by molar-refractivity contribution is -0.384. The molecule has 0 bridgehead atoms. The zero-order valence-corrected chi connectivity index (χ0v) is 13.7. The molecule has 0 fully saturated rings. The minimum Gasteiger partial charge on any atom is -0.423 e. The lowest BCUT2D eigenvalue weighted by Crippen LogP contribution is -2.27. The van der Waals surface area contributed by atoms with E-state index in [0.29, 0.717) is 22.9 Å². The molecule has 1 aromatic heterocycles. The Labute approximate surface area is 147 Å². The van der Waals surface area contributed by atoms with Crippen molar-refractivity contribution in [2.45, 2.75) is 6.54 Å². The fourth-order valence-corrected chi connectivity index (χ4v) is 2.45. The van der Waals surface area contributed by atoms with Crippen LogP contribution < -0.4 is 16.3 Å². The first-order chi connectivity index (χ1) is 12.0. The lowest BCUT2D eigenvalue weighted by atomic mass is 10.1. The molecule has 126 valence electrons. The fraction of sp³-hybridized carbons (Fsp3) is 0.0588. The summed E-state index contributed by atoms with van der Waals surface area (Å²) in [6.45, 7) is 0.480. The Balaban J connectivity index is 1.61. The molecule has 0 saturated carbocycles. The number of nitrogens with one attached hydrogen (secondary N) is 2. The van der Waals surface area contributed by atoms with Crippen molar-refractivity contribution < 1.29 is 9.34 Å². The van der Waals surface area contributed by atoms with Crippen LogP contribution in [0.1, 0.15) is 5.56 Å². The summed E-state index contributed by atoms with van der Waals surface area (Å²) >= 11 is 5.22. The van der Waals surface area contributed by atoms with Gasteiger partial charge in [0.05, 0.1) is 4.92 Å². The first-order valence-electron chi connectivity index (χ1n) is 7.33. The molecule has 25 heavy (non-hydrogen) atoms. The van der Waals surface area contributed by atoms with Crippen molar-refractivity contribution in [3.05, 3.63) is 80.7 Å². The van der Waals surface area contributed by atoms with E-state index in [9.17, 15) is 14.9 Å². The van der Waals surface area contributed by atoms with Gasteiger partial charge in [-0.3, -0.25) is 10.1 Å². The highest BCUT2D eigenvalue weighted by Gasteiger charge is 2.05. The Kier molecular flexibility index (Phi) is 4.71. The van der Waals surface area contributed by atoms with Crippen LogP contribution in [0.2, 0.25) is 0 Å². The Morgan fingerprint density at radius 1 is 1.12 bits per heavy atom. The van der Waals surface area contributed by atoms with Crippen LogP contribution in [0.25, 0.3) is 11.0 Å². The summed E-state index contributed by atoms with van der Waals surface area (Å²) in [5, 5.41) is 17.9. The quantitative estimate of drug-likeness (QED) is 0.321. The molecule has 0 aliphatic carbocycles. The molecule has 3 aromatic rings. The van der Waals surface area contributed by atoms with Crippen molar-refractivity contribution in [2.75, 3.05) is 5.32 Å². The van der Waals surface area contributed by atoms with E-state index in [-0.39, 0.29) is 11.3 Å². The molecule has 0 atom stereocenters. The fourth-order valence-electron chi connectivity index (χ4n) is 2.26. The normalized spacial score (nSPS) is 10.4. The van der Waals surface area contributed by atoms with Crippen LogP contribution in [-0.2, 0) is 6.54 Å². The molecular weight excluding hydrogens is 342 g/mol. The van der Waals surface area contributed by atoms with Gasteiger partial charge in [0.1, 0.15) is 5.58 Å². The standard InChI is InChI=1S/C17H13N3O4S/c21-16-8-2-12-9-11(1-7-15(12)24-16)10-18-17(25)19-13-3-5-14(6-4-13)20(22)23/h1-9H,10H2,(H2,18,19,25). The minimum atomic E-state index is -0.456. The van der Waals surface area contributed by atoms with E-state index < -0.39 is 4.92 Å². The molecule has 0 unspecified atom stereocenters. The number of nitro groups is 1. The average molecular weight is 355 g/mol. The molecule has 0 spiro atoms. The summed E-state index contributed by atoms with van der Waals surface area (Å²) in [6, 6.07) is 14.5. The SMILES string of the molecule is O=c1ccc2cc(CNC(=S)Nc3ccc([N+](=O)[O-])cc3)ccc2o1. The third-order valence-electron chi connectivity index (χ3n) is 3.47. The Morgan fingerprint density at radius 2 is 1.88 bits per heavy atom. The summed E-state index contributed by atoms with van der Waals surface area (Å²) in [4.78, 5) is 21.3. The highest BCUT2D eigenvalue weighted by molar-refractivity contribution is 7.80. The molecule has 0 aliphatic rings. The summed E-state index contributed by atoms with van der Waals surface area (Å²) in [5.41, 5.74) is 1.79. The summed E-state index contributed by atoms with van der Waals surface area (Å²) in [6.07, 6.45) is 0. The molecule has 2 aromatic carbocycles. The zero-order valence-electron chi connectivity index (χ0n) is 12.9. The first-order valence-corrected chi connectivity index (χ1v) is 7.74. The lowest BCUT2D eigenvalue weighted by Gasteiger charge is -2.10. The molecule has 8 heteroatoms. The van der Waals surface area contributed by atoms with Crippen molar-refractivity contribution >= 4 is 39.7 Å². The molecule has 2 N–H and O–H groups in total. The van der Waals surface area contributed by atoms with E-state index in [1.165, 1.54) is 18.2 Å². The summed E-state index contributed by atoms with van der Waals surface area (Å²) in [7, 11) is 0. The van der Waals surface area contributed by atoms with Crippen molar-refractivity contribution in [3.8, 4) is 0 Å². The van der Waals surface area contributed by atoms with Gasteiger partial charge >= 0.3 is 5.63 Å². The van der Waals surface area contributed by atoms with E-state index >= 15 is 0 Å². The molecule has 3 rings (SSSR count). The van der Waals surface area contributed by atoms with Crippen LogP contribution in [0, 0.1) is 10.1 Å². The van der Waals surface area contributed by atoms with E-state index in [1.807, 2.05) is 12.1 Å². The Morgan fingerprint density at radius 3 is 2.60 bits per heavy atom. The summed E-state index contributed by atoms with van der Waals surface area (Å²) in [5.74, 6) is 0. The van der Waals surface area contributed by atoms with E-state index in [2.05, 4.69) is 10.6 Å². The van der Waals surface area contributed by atoms with Crippen LogP contribution in [0.5, 0.6) is 0 Å². The van der Waals surface area contributed by atoms with Gasteiger partial charge in [0, 0.05) is 35.8 Å². The molecule has 0 aliphatic heterocycles. The number of nitrogens with zero attached hydrogens (tertiary/aromatic N) is 1. The molecule has 0 amide bonds. The highest BCUT2D eigenvalue weighted by Crippen LogP contribution is 2.16. The third kappa shape index (κ3) is 4.18. The van der Waals surface area contributed by atoms with Crippen LogP contribution in [0.15, 0.2) is 63.8 Å². The Bertz CT molecular complexity index is 999. The van der Waals surface area contributed by atoms with Gasteiger partial charge in [-0.2, -0.15) is 0 Å². The number of benzene rings is 2. The van der Waals surface area contributed by atoms with Crippen molar-refractivity contribution in [1.82, 2.24) is 5.32 Å². The number of rotatable bonds is 4. The van der Waals surface area contributed by atoms with Gasteiger partial charge in [0.25, 0.3) is 5.69 Å². The van der Waals surface area contributed by atoms with Gasteiger partial charge in [-0.15, -0.1) is 0 Å². The monoisotopic (exact) mass is 355 g/mol. The Hall–Kier alpha value is -3.26. The highest BCUT2D eigenvalue weighted by atomic mass is 32.1. The van der Waals surface area contributed by atoms with Crippen LogP contribution in [0.4, 0.5) is 11.4 Å². The number of non-ortho nitro benzene ring substituents is 1. The van der Waals surface area contributed by atoms with Gasteiger partial charge < -0.3 is 15.1 Å². The van der Waals surface area contributed by atoms with Gasteiger partial charge in [-0.1, -0.05) is 6.07 Å². The predicted octanol–water partition coefficient (Wildman–Crippen LogP) is 3.19. The van der Waals surface area contributed by atoms with Crippen LogP contribution in [0.3, 0.4) is 0 Å². The van der Waals surface area contributed by atoms with Crippen LogP contribution in [-0.4, -0.2) is 10.0 Å². The number of anilines is 1. The third-order valence-corrected chi connectivity index (χ3v) is 3.72. The van der Waals surface area contributed by atoms with Crippen molar-refractivity contribution in [2.24, 2.45) is 0 Å². The summed E-state index contributed by atoms with van der Waals surface area (Å²) < 4.78 is 5.09. The molecule has 0 saturated heterocycles. The minimum absolute atomic E-state index is 0.0206. The van der Waals surface area contributed by atoms with Crippen molar-refractivity contribution in [1.29, 1.82) is 0 Å². The van der Waals surface area contributed by atoms with E-state index in [4.69, 9.17) is 16.6 Å². The zero-order chi connectivity index (χ0) is 17.8. The van der Waals surface area contributed by atoms with Crippen LogP contribution >= 0.6 is 12.2 Å². The van der Waals surface area contributed by atoms with Gasteiger partial charge in [-0.25, -0.2) is 4.79 Å². The predicted molar refractivity (Wildman–Crippen MR) is 98.6 cm³/mol. The molecule has 1 heterocycles. The second-order valence-corrected chi connectivity index (χ2v) is 5.65. The first kappa shape index (κ1) is 16.6. The number of thiocarbonyl (C=S) groups is 1. The number of hydrogen-bond donors (Lipinski definition) is 2. The average Bonchev–Trinajstić information content (AvgIpc) is 2.60. The molecule has 7 nitrogen and oxygen atoms in total. The molecule has 0 radical (unpaired) electrons. The molecular formula is C17H13N3O4S. The van der Waals surface area contributed by atoms with Crippen molar-refractivity contribution in [3.63, 3.8) is 0 Å². The largest absolute Gasteiger partial charge is 0.423 e. The van der Waals surface area contributed by atoms with E-state index in [1.54, 1.807) is 24.3 Å². The maximum absolute atomic E-state index is 11.2. The second kappa shape index (κ2) is 7.10. The second-order valence-electron chi connectivity index (χ2n) is 5.24.